The van der Waals surface area contributed by atoms with Crippen molar-refractivity contribution in [1.82, 2.24) is 4.90 Å². The highest BCUT2D eigenvalue weighted by molar-refractivity contribution is 7.70. The predicted molar refractivity (Wildman–Crippen MR) is 88.0 cm³/mol. The molecule has 0 aliphatic carbocycles. The first-order valence-electron chi connectivity index (χ1n) is 7.88. The van der Waals surface area contributed by atoms with E-state index in [2.05, 4.69) is 6.92 Å². The van der Waals surface area contributed by atoms with Crippen molar-refractivity contribution < 1.29 is 28.7 Å². The number of hydrogen-bond donors (Lipinski definition) is 4. The summed E-state index contributed by atoms with van der Waals surface area (Å²) in [5.74, 6) is 0. The summed E-state index contributed by atoms with van der Waals surface area (Å²) in [6.45, 7) is 3.21. The number of unbranched alkanes of at least 4 members (excludes halogenated alkanes) is 6. The zero-order chi connectivity index (χ0) is 17.2. The van der Waals surface area contributed by atoms with E-state index in [1.165, 1.54) is 32.1 Å². The molecule has 0 radical (unpaired) electrons. The van der Waals surface area contributed by atoms with Gasteiger partial charge in [-0.3, -0.25) is 9.13 Å². The third-order valence-electron chi connectivity index (χ3n) is 3.69. The lowest BCUT2D eigenvalue weighted by Crippen LogP contribution is -2.24. The maximum Gasteiger partial charge on any atom is 0.340 e. The van der Waals surface area contributed by atoms with Crippen molar-refractivity contribution >= 4 is 15.2 Å². The van der Waals surface area contributed by atoms with Crippen molar-refractivity contribution in [3.63, 3.8) is 0 Å². The second-order valence-electron chi connectivity index (χ2n) is 5.87. The van der Waals surface area contributed by atoms with Gasteiger partial charge in [-0.05, 0) is 33.0 Å². The average Bonchev–Trinajstić information content (AvgIpc) is 2.34. The van der Waals surface area contributed by atoms with Gasteiger partial charge in [-0.2, -0.15) is 0 Å². The highest BCUT2D eigenvalue weighted by atomic mass is 31.2. The fourth-order valence-corrected chi connectivity index (χ4v) is 4.79. The van der Waals surface area contributed by atoms with Crippen LogP contribution < -0.4 is 0 Å². The van der Waals surface area contributed by atoms with Crippen molar-refractivity contribution in [2.45, 2.75) is 63.7 Å². The molecule has 0 aromatic heterocycles. The highest BCUT2D eigenvalue weighted by Crippen LogP contribution is 2.61. The number of hydrogen-bond acceptors (Lipinski definition) is 3. The Morgan fingerprint density at radius 3 is 1.73 bits per heavy atom. The van der Waals surface area contributed by atoms with Crippen LogP contribution in [0.15, 0.2) is 0 Å². The lowest BCUT2D eigenvalue weighted by Gasteiger charge is -2.23. The molecule has 0 fully saturated rings. The lowest BCUT2D eigenvalue weighted by molar-refractivity contribution is 0.299. The summed E-state index contributed by atoms with van der Waals surface area (Å²) >= 11 is 0. The minimum Gasteiger partial charge on any atom is -0.324 e. The second kappa shape index (κ2) is 10.9. The van der Waals surface area contributed by atoms with Gasteiger partial charge in [0.15, 0.2) is 5.40 Å². The first kappa shape index (κ1) is 22.3. The molecule has 7 nitrogen and oxygen atoms in total. The number of nitrogens with zero attached hydrogens (tertiary/aromatic N) is 1. The van der Waals surface area contributed by atoms with E-state index in [1.807, 2.05) is 4.90 Å². The van der Waals surface area contributed by atoms with Crippen LogP contribution in [0.5, 0.6) is 0 Å². The maximum atomic E-state index is 11.2. The molecule has 134 valence electrons. The Kier molecular flexibility index (Phi) is 11.1. The van der Waals surface area contributed by atoms with E-state index in [9.17, 15) is 9.13 Å². The SMILES string of the molecule is CCCCCCCCCN(C)CCC(P(=O)(O)O)P(=O)(O)O. The van der Waals surface area contributed by atoms with E-state index in [4.69, 9.17) is 19.6 Å². The fourth-order valence-electron chi connectivity index (χ4n) is 2.32. The summed E-state index contributed by atoms with van der Waals surface area (Å²) in [6.07, 6.45) is 8.06. The van der Waals surface area contributed by atoms with Gasteiger partial charge in [0, 0.05) is 0 Å². The minimum atomic E-state index is -4.79. The summed E-state index contributed by atoms with van der Waals surface area (Å²) in [6, 6.07) is 0. The molecule has 0 aliphatic heterocycles. The first-order valence-corrected chi connectivity index (χ1v) is 11.2. The Morgan fingerprint density at radius 2 is 1.27 bits per heavy atom. The Labute approximate surface area is 133 Å². The molecule has 9 heteroatoms. The van der Waals surface area contributed by atoms with E-state index in [1.54, 1.807) is 7.05 Å². The van der Waals surface area contributed by atoms with Crippen molar-refractivity contribution in [3.05, 3.63) is 0 Å². The Hall–Kier alpha value is 0.260. The molecule has 0 atom stereocenters. The van der Waals surface area contributed by atoms with Crippen LogP contribution in [0.2, 0.25) is 0 Å². The lowest BCUT2D eigenvalue weighted by atomic mass is 10.1. The monoisotopic (exact) mass is 359 g/mol. The van der Waals surface area contributed by atoms with E-state index >= 15 is 0 Å². The topological polar surface area (TPSA) is 118 Å². The molecule has 0 amide bonds. The second-order valence-corrected chi connectivity index (χ2v) is 9.88. The largest absolute Gasteiger partial charge is 0.340 e. The van der Waals surface area contributed by atoms with Gasteiger partial charge in [-0.25, -0.2) is 0 Å². The van der Waals surface area contributed by atoms with Crippen LogP contribution in [-0.4, -0.2) is 50.0 Å². The normalized spacial score (nSPS) is 13.3. The molecule has 0 bridgehead atoms. The Bertz CT molecular complexity index is 359. The van der Waals surface area contributed by atoms with Crippen molar-refractivity contribution in [2.75, 3.05) is 20.1 Å². The van der Waals surface area contributed by atoms with E-state index in [-0.39, 0.29) is 13.0 Å². The molecule has 0 aromatic rings. The quantitative estimate of drug-likeness (QED) is 0.295. The van der Waals surface area contributed by atoms with Gasteiger partial charge in [0.1, 0.15) is 0 Å². The number of rotatable bonds is 13. The molecule has 4 N–H and O–H groups in total. The van der Waals surface area contributed by atoms with Crippen LogP contribution in [0.1, 0.15) is 58.3 Å². The van der Waals surface area contributed by atoms with Crippen LogP contribution in [0.3, 0.4) is 0 Å². The van der Waals surface area contributed by atoms with Crippen molar-refractivity contribution in [2.24, 2.45) is 0 Å². The molecular weight excluding hydrogens is 328 g/mol. The van der Waals surface area contributed by atoms with Gasteiger partial charge in [-0.1, -0.05) is 45.4 Å². The average molecular weight is 359 g/mol. The molecule has 0 heterocycles. The van der Waals surface area contributed by atoms with Crippen LogP contribution >= 0.6 is 15.2 Å². The van der Waals surface area contributed by atoms with Crippen LogP contribution in [0, 0.1) is 0 Å². The fraction of sp³-hybridized carbons (Fsp3) is 1.00. The van der Waals surface area contributed by atoms with Crippen LogP contribution in [0.25, 0.3) is 0 Å². The molecule has 0 rings (SSSR count). The molecule has 22 heavy (non-hydrogen) atoms. The van der Waals surface area contributed by atoms with Gasteiger partial charge in [0.2, 0.25) is 0 Å². The third kappa shape index (κ3) is 10.9. The first-order chi connectivity index (χ1) is 10.1. The molecule has 0 saturated carbocycles. The zero-order valence-electron chi connectivity index (χ0n) is 13.6. The molecular formula is C13H31NO6P2. The van der Waals surface area contributed by atoms with Gasteiger partial charge in [0.25, 0.3) is 0 Å². The highest BCUT2D eigenvalue weighted by Gasteiger charge is 2.42. The Morgan fingerprint density at radius 1 is 0.818 bits per heavy atom. The molecule has 0 unspecified atom stereocenters. The summed E-state index contributed by atoms with van der Waals surface area (Å²) in [4.78, 5) is 38.0. The Balaban J connectivity index is 3.94. The predicted octanol–water partition coefficient (Wildman–Crippen LogP) is 2.74. The van der Waals surface area contributed by atoms with Crippen LogP contribution in [-0.2, 0) is 9.13 Å². The van der Waals surface area contributed by atoms with Gasteiger partial charge in [-0.15, -0.1) is 0 Å². The van der Waals surface area contributed by atoms with E-state index in [0.29, 0.717) is 0 Å². The van der Waals surface area contributed by atoms with Gasteiger partial charge >= 0.3 is 15.2 Å². The van der Waals surface area contributed by atoms with Crippen molar-refractivity contribution in [1.29, 1.82) is 0 Å². The molecule has 0 saturated heterocycles. The zero-order valence-corrected chi connectivity index (χ0v) is 15.4. The standard InChI is InChI=1S/C13H31NO6P2/c1-3-4-5-6-7-8-9-11-14(2)12-10-13(21(15,16)17)22(18,19)20/h13H,3-12H2,1-2H3,(H2,15,16,17)(H2,18,19,20). The van der Waals surface area contributed by atoms with Crippen molar-refractivity contribution in [3.8, 4) is 0 Å². The van der Waals surface area contributed by atoms with Crippen LogP contribution in [0.4, 0.5) is 0 Å². The third-order valence-corrected chi connectivity index (χ3v) is 7.56. The minimum absolute atomic E-state index is 0.207. The summed E-state index contributed by atoms with van der Waals surface area (Å²) in [7, 11) is -7.78. The molecule has 0 aromatic carbocycles. The van der Waals surface area contributed by atoms with E-state index in [0.717, 1.165) is 19.4 Å². The maximum absolute atomic E-state index is 11.2. The summed E-state index contributed by atoms with van der Waals surface area (Å²) in [5.41, 5.74) is 0. The summed E-state index contributed by atoms with van der Waals surface area (Å²) in [5, 5.41) is -1.89. The molecule has 0 spiro atoms. The molecule has 0 aliphatic rings. The smallest absolute Gasteiger partial charge is 0.324 e. The summed E-state index contributed by atoms with van der Waals surface area (Å²) < 4.78 is 22.3. The van der Waals surface area contributed by atoms with Gasteiger partial charge in [0.05, 0.1) is 0 Å². The van der Waals surface area contributed by atoms with Gasteiger partial charge < -0.3 is 24.5 Å². The van der Waals surface area contributed by atoms with E-state index < -0.39 is 20.6 Å².